The van der Waals surface area contributed by atoms with E-state index >= 15 is 0 Å². The van der Waals surface area contributed by atoms with E-state index in [4.69, 9.17) is 4.74 Å². The Bertz CT molecular complexity index is 701. The van der Waals surface area contributed by atoms with E-state index in [-0.39, 0.29) is 11.7 Å². The number of likely N-dealkylation sites (tertiary alicyclic amines) is 1. The van der Waals surface area contributed by atoms with Gasteiger partial charge in [-0.2, -0.15) is 5.10 Å². The molecular formula is C18H23FN4O2. The molecule has 1 amide bonds. The molecule has 0 radical (unpaired) electrons. The molecule has 2 aromatic rings. The van der Waals surface area contributed by atoms with Crippen LogP contribution in [-0.2, 0) is 11.8 Å². The number of piperidine rings is 1. The van der Waals surface area contributed by atoms with Crippen LogP contribution in [0.3, 0.4) is 0 Å². The number of anilines is 1. The van der Waals surface area contributed by atoms with Crippen LogP contribution in [0.4, 0.5) is 10.1 Å². The smallest absolute Gasteiger partial charge is 0.238 e. The molecule has 0 unspecified atom stereocenters. The Morgan fingerprint density at radius 1 is 1.40 bits per heavy atom. The molecule has 1 aromatic carbocycles. The zero-order valence-corrected chi connectivity index (χ0v) is 14.3. The minimum atomic E-state index is -0.268. The maximum atomic E-state index is 12.9. The van der Waals surface area contributed by atoms with Gasteiger partial charge in [0.2, 0.25) is 5.91 Å². The first-order chi connectivity index (χ1) is 12.1. The van der Waals surface area contributed by atoms with Crippen molar-refractivity contribution in [1.82, 2.24) is 14.7 Å². The molecule has 0 saturated carbocycles. The average molecular weight is 346 g/mol. The van der Waals surface area contributed by atoms with Gasteiger partial charge in [-0.1, -0.05) is 0 Å². The van der Waals surface area contributed by atoms with E-state index in [0.717, 1.165) is 25.9 Å². The third-order valence-electron chi connectivity index (χ3n) is 4.26. The van der Waals surface area contributed by atoms with Crippen molar-refractivity contribution in [2.45, 2.75) is 12.8 Å². The molecule has 1 aliphatic rings. The van der Waals surface area contributed by atoms with Crippen molar-refractivity contribution >= 4 is 11.6 Å². The average Bonchev–Trinajstić information content (AvgIpc) is 2.99. The number of nitrogens with one attached hydrogen (secondary N) is 1. The van der Waals surface area contributed by atoms with E-state index in [0.29, 0.717) is 30.5 Å². The van der Waals surface area contributed by atoms with Gasteiger partial charge in [-0.05, 0) is 43.7 Å². The van der Waals surface area contributed by atoms with Crippen LogP contribution in [0.2, 0.25) is 0 Å². The second kappa shape index (κ2) is 8.11. The molecule has 0 bridgehead atoms. The summed E-state index contributed by atoms with van der Waals surface area (Å²) in [4.78, 5) is 14.3. The van der Waals surface area contributed by atoms with Crippen molar-refractivity contribution in [2.75, 3.05) is 31.6 Å². The second-order valence-corrected chi connectivity index (χ2v) is 6.46. The first-order valence-electron chi connectivity index (χ1n) is 8.48. The largest absolute Gasteiger partial charge is 0.493 e. The molecule has 0 spiro atoms. The summed E-state index contributed by atoms with van der Waals surface area (Å²) in [5, 5.41) is 6.89. The van der Waals surface area contributed by atoms with Gasteiger partial charge in [-0.15, -0.1) is 0 Å². The number of nitrogens with zero attached hydrogens (tertiary/aromatic N) is 3. The molecule has 1 fully saturated rings. The maximum absolute atomic E-state index is 12.9. The van der Waals surface area contributed by atoms with Gasteiger partial charge >= 0.3 is 0 Å². The molecule has 6 nitrogen and oxygen atoms in total. The van der Waals surface area contributed by atoms with E-state index in [1.807, 2.05) is 7.05 Å². The number of amides is 1. The lowest BCUT2D eigenvalue weighted by atomic mass is 9.99. The van der Waals surface area contributed by atoms with Crippen molar-refractivity contribution < 1.29 is 13.9 Å². The summed E-state index contributed by atoms with van der Waals surface area (Å²) in [5.74, 6) is 0.738. The van der Waals surface area contributed by atoms with E-state index in [9.17, 15) is 9.18 Å². The number of carbonyl (C=O) groups is 1. The van der Waals surface area contributed by atoms with Crippen LogP contribution in [-0.4, -0.2) is 46.8 Å². The Morgan fingerprint density at radius 2 is 2.20 bits per heavy atom. The molecule has 0 aliphatic carbocycles. The summed E-state index contributed by atoms with van der Waals surface area (Å²) in [6, 6.07) is 6.06. The second-order valence-electron chi connectivity index (χ2n) is 6.46. The van der Waals surface area contributed by atoms with Gasteiger partial charge in [0.05, 0.1) is 25.0 Å². The summed E-state index contributed by atoms with van der Waals surface area (Å²) < 4.78 is 20.3. The van der Waals surface area contributed by atoms with Crippen LogP contribution in [0, 0.1) is 11.7 Å². The van der Waals surface area contributed by atoms with Gasteiger partial charge in [0, 0.05) is 25.7 Å². The van der Waals surface area contributed by atoms with Crippen LogP contribution in [0.1, 0.15) is 12.8 Å². The van der Waals surface area contributed by atoms with Gasteiger partial charge in [0.1, 0.15) is 11.6 Å². The molecule has 1 N–H and O–H groups in total. The standard InChI is InChI=1S/C18H23FN4O2/c1-22-11-16(9-20-22)21-18(24)12-23-8-2-3-14(10-23)13-25-17-6-4-15(19)5-7-17/h4-7,9,11,14H,2-3,8,10,12-13H2,1H3,(H,21,24)/t14-/m0/s1. The highest BCUT2D eigenvalue weighted by molar-refractivity contribution is 5.91. The lowest BCUT2D eigenvalue weighted by Crippen LogP contribution is -2.41. The predicted octanol–water partition coefficient (Wildman–Crippen LogP) is 2.29. The summed E-state index contributed by atoms with van der Waals surface area (Å²) in [5.41, 5.74) is 0.709. The Kier molecular flexibility index (Phi) is 5.65. The number of aryl methyl sites for hydroxylation is 1. The highest BCUT2D eigenvalue weighted by Crippen LogP contribution is 2.19. The highest BCUT2D eigenvalue weighted by Gasteiger charge is 2.22. The van der Waals surface area contributed by atoms with Crippen molar-refractivity contribution in [1.29, 1.82) is 0 Å². The van der Waals surface area contributed by atoms with Crippen molar-refractivity contribution in [3.05, 3.63) is 42.5 Å². The normalized spacial score (nSPS) is 18.1. The third-order valence-corrected chi connectivity index (χ3v) is 4.26. The van der Waals surface area contributed by atoms with Crippen LogP contribution >= 0.6 is 0 Å². The van der Waals surface area contributed by atoms with E-state index in [2.05, 4.69) is 15.3 Å². The number of hydrogen-bond donors (Lipinski definition) is 1. The summed E-state index contributed by atoms with van der Waals surface area (Å²) in [6.45, 7) is 2.67. The zero-order valence-electron chi connectivity index (χ0n) is 14.3. The lowest BCUT2D eigenvalue weighted by molar-refractivity contribution is -0.117. The molecule has 7 heteroatoms. The fourth-order valence-electron chi connectivity index (χ4n) is 3.07. The molecule has 1 aromatic heterocycles. The van der Waals surface area contributed by atoms with Crippen LogP contribution in [0.5, 0.6) is 5.75 Å². The van der Waals surface area contributed by atoms with Gasteiger partial charge in [0.25, 0.3) is 0 Å². The Labute approximate surface area is 146 Å². The van der Waals surface area contributed by atoms with Gasteiger partial charge in [0.15, 0.2) is 0 Å². The molecule has 25 heavy (non-hydrogen) atoms. The van der Waals surface area contributed by atoms with E-state index < -0.39 is 0 Å². The minimum absolute atomic E-state index is 0.0342. The third kappa shape index (κ3) is 5.29. The topological polar surface area (TPSA) is 59.4 Å². The summed E-state index contributed by atoms with van der Waals surface area (Å²) >= 11 is 0. The molecule has 1 atom stereocenters. The van der Waals surface area contributed by atoms with Crippen molar-refractivity contribution in [3.8, 4) is 5.75 Å². The number of aromatic nitrogens is 2. The van der Waals surface area contributed by atoms with Crippen molar-refractivity contribution in [3.63, 3.8) is 0 Å². The first-order valence-corrected chi connectivity index (χ1v) is 8.48. The van der Waals surface area contributed by atoms with Crippen LogP contribution < -0.4 is 10.1 Å². The molecule has 1 aliphatic heterocycles. The fraction of sp³-hybridized carbons (Fsp3) is 0.444. The van der Waals surface area contributed by atoms with E-state index in [1.54, 1.807) is 29.2 Å². The zero-order chi connectivity index (χ0) is 17.6. The summed E-state index contributed by atoms with van der Waals surface area (Å²) in [6.07, 6.45) is 5.51. The maximum Gasteiger partial charge on any atom is 0.238 e. The Hall–Kier alpha value is -2.41. The van der Waals surface area contributed by atoms with Gasteiger partial charge in [-0.25, -0.2) is 4.39 Å². The predicted molar refractivity (Wildman–Crippen MR) is 92.9 cm³/mol. The number of benzene rings is 1. The van der Waals surface area contributed by atoms with Crippen LogP contribution in [0.25, 0.3) is 0 Å². The quantitative estimate of drug-likeness (QED) is 0.872. The number of carbonyl (C=O) groups excluding carboxylic acids is 1. The first kappa shape index (κ1) is 17.4. The number of ether oxygens (including phenoxy) is 1. The number of halogens is 1. The lowest BCUT2D eigenvalue weighted by Gasteiger charge is -2.32. The van der Waals surface area contributed by atoms with Crippen molar-refractivity contribution in [2.24, 2.45) is 13.0 Å². The Balaban J connectivity index is 1.44. The fourth-order valence-corrected chi connectivity index (χ4v) is 3.07. The monoisotopic (exact) mass is 346 g/mol. The SMILES string of the molecule is Cn1cc(NC(=O)CN2CCC[C@H](COc3ccc(F)cc3)C2)cn1. The van der Waals surface area contributed by atoms with Gasteiger partial charge < -0.3 is 10.1 Å². The number of rotatable bonds is 6. The molecule has 1 saturated heterocycles. The van der Waals surface area contributed by atoms with E-state index in [1.165, 1.54) is 12.1 Å². The molecule has 2 heterocycles. The summed E-state index contributed by atoms with van der Waals surface area (Å²) in [7, 11) is 1.81. The minimum Gasteiger partial charge on any atom is -0.493 e. The molecule has 3 rings (SSSR count). The number of hydrogen-bond acceptors (Lipinski definition) is 4. The Morgan fingerprint density at radius 3 is 2.92 bits per heavy atom. The van der Waals surface area contributed by atoms with Crippen LogP contribution in [0.15, 0.2) is 36.7 Å². The molecular weight excluding hydrogens is 323 g/mol. The van der Waals surface area contributed by atoms with Gasteiger partial charge in [-0.3, -0.25) is 14.4 Å². The molecule has 134 valence electrons. The highest BCUT2D eigenvalue weighted by atomic mass is 19.1.